The lowest BCUT2D eigenvalue weighted by Gasteiger charge is -2.32. The highest BCUT2D eigenvalue weighted by molar-refractivity contribution is 6.62. The monoisotopic (exact) mass is 664 g/mol. The molecular formula is C44H37BN4O2. The molecule has 0 bridgehead atoms. The van der Waals surface area contributed by atoms with E-state index in [1.54, 1.807) is 0 Å². The normalized spacial score (nSPS) is 14.8. The van der Waals surface area contributed by atoms with E-state index in [9.17, 15) is 0 Å². The zero-order valence-corrected chi connectivity index (χ0v) is 29.1. The summed E-state index contributed by atoms with van der Waals surface area (Å²) in [5.74, 6) is 1.75. The van der Waals surface area contributed by atoms with Crippen LogP contribution in [0.4, 0.5) is 0 Å². The van der Waals surface area contributed by atoms with Gasteiger partial charge >= 0.3 is 7.12 Å². The van der Waals surface area contributed by atoms with E-state index in [-0.39, 0.29) is 0 Å². The van der Waals surface area contributed by atoms with Gasteiger partial charge in [-0.15, -0.1) is 0 Å². The smallest absolute Gasteiger partial charge is 0.399 e. The zero-order chi connectivity index (χ0) is 35.0. The number of benzene rings is 5. The Balaban J connectivity index is 1.15. The molecule has 7 heteroatoms. The number of pyridine rings is 1. The minimum Gasteiger partial charge on any atom is -0.399 e. The summed E-state index contributed by atoms with van der Waals surface area (Å²) in [4.78, 5) is 19.9. The van der Waals surface area contributed by atoms with E-state index in [2.05, 4.69) is 88.4 Å². The first-order valence-corrected chi connectivity index (χ1v) is 17.2. The van der Waals surface area contributed by atoms with Crippen LogP contribution in [0.2, 0.25) is 0 Å². The number of hydrogen-bond donors (Lipinski definition) is 0. The molecule has 0 aliphatic carbocycles. The first kappa shape index (κ1) is 32.4. The van der Waals surface area contributed by atoms with E-state index in [1.807, 2.05) is 91.1 Å². The maximum Gasteiger partial charge on any atom is 0.494 e. The van der Waals surface area contributed by atoms with Crippen molar-refractivity contribution in [3.05, 3.63) is 152 Å². The molecule has 8 rings (SSSR count). The zero-order valence-electron chi connectivity index (χ0n) is 29.1. The minimum absolute atomic E-state index is 0.391. The van der Waals surface area contributed by atoms with Crippen LogP contribution >= 0.6 is 0 Å². The molecule has 2 aromatic heterocycles. The van der Waals surface area contributed by atoms with Crippen LogP contribution in [-0.2, 0) is 9.31 Å². The standard InChI is InChI=1S/C44H37BN4O2/c1-43(2)44(3,4)51-45(50-43)38-24-21-32(22-25-38)39-26-23-37(29-46-39)42-48-40(35-19-11-17-33(27-35)30-13-7-5-8-14-30)47-41(49-42)36-20-12-18-34(28-36)31-15-9-6-10-16-31/h5-29H,1-4H3. The molecule has 0 saturated carbocycles. The summed E-state index contributed by atoms with van der Waals surface area (Å²) in [6.45, 7) is 8.26. The van der Waals surface area contributed by atoms with Crippen molar-refractivity contribution < 1.29 is 9.31 Å². The van der Waals surface area contributed by atoms with Gasteiger partial charge in [0.1, 0.15) is 0 Å². The Labute approximate surface area is 299 Å². The maximum atomic E-state index is 6.24. The van der Waals surface area contributed by atoms with Gasteiger partial charge in [-0.05, 0) is 79.7 Å². The van der Waals surface area contributed by atoms with Gasteiger partial charge in [-0.25, -0.2) is 15.0 Å². The fourth-order valence-corrected chi connectivity index (χ4v) is 6.19. The summed E-state index contributed by atoms with van der Waals surface area (Å²) in [7, 11) is -0.409. The Bertz CT molecular complexity index is 2190. The van der Waals surface area contributed by atoms with E-state index in [0.29, 0.717) is 17.5 Å². The highest BCUT2D eigenvalue weighted by atomic mass is 16.7. The van der Waals surface area contributed by atoms with Crippen molar-refractivity contribution in [1.29, 1.82) is 0 Å². The van der Waals surface area contributed by atoms with Crippen molar-refractivity contribution in [1.82, 2.24) is 19.9 Å². The van der Waals surface area contributed by atoms with Gasteiger partial charge in [0.25, 0.3) is 0 Å². The van der Waals surface area contributed by atoms with Crippen LogP contribution in [0.15, 0.2) is 152 Å². The highest BCUT2D eigenvalue weighted by Crippen LogP contribution is 2.37. The van der Waals surface area contributed by atoms with Crippen LogP contribution in [0, 0.1) is 0 Å². The van der Waals surface area contributed by atoms with Crippen molar-refractivity contribution in [2.75, 3.05) is 0 Å². The van der Waals surface area contributed by atoms with Gasteiger partial charge in [-0.3, -0.25) is 4.98 Å². The number of rotatable bonds is 7. The van der Waals surface area contributed by atoms with E-state index in [0.717, 1.165) is 55.7 Å². The SMILES string of the molecule is CC1(C)OB(c2ccc(-c3ccc(-c4nc(-c5cccc(-c6ccccc6)c5)nc(-c5cccc(-c6ccccc6)c5)n4)cn3)cc2)OC1(C)C. The van der Waals surface area contributed by atoms with Crippen molar-refractivity contribution >= 4 is 12.6 Å². The number of hydrogen-bond acceptors (Lipinski definition) is 6. The third kappa shape index (κ3) is 6.62. The Morgan fingerprint density at radius 3 is 1.31 bits per heavy atom. The Morgan fingerprint density at radius 1 is 0.412 bits per heavy atom. The van der Waals surface area contributed by atoms with Crippen molar-refractivity contribution in [2.24, 2.45) is 0 Å². The van der Waals surface area contributed by atoms with Crippen LogP contribution in [0.1, 0.15) is 27.7 Å². The molecular weight excluding hydrogens is 627 g/mol. The summed E-state index contributed by atoms with van der Waals surface area (Å²) < 4.78 is 12.5. The first-order valence-electron chi connectivity index (χ1n) is 17.2. The van der Waals surface area contributed by atoms with Gasteiger partial charge in [0, 0.05) is 28.5 Å². The molecule has 3 heterocycles. The molecule has 1 aliphatic rings. The lowest BCUT2D eigenvalue weighted by molar-refractivity contribution is 0.00578. The Morgan fingerprint density at radius 2 is 0.843 bits per heavy atom. The molecule has 0 spiro atoms. The number of aromatic nitrogens is 4. The number of nitrogens with zero attached hydrogens (tertiary/aromatic N) is 4. The molecule has 7 aromatic rings. The Kier molecular flexibility index (Phi) is 8.38. The van der Waals surface area contributed by atoms with Crippen molar-refractivity contribution in [3.63, 3.8) is 0 Å². The second-order valence-corrected chi connectivity index (χ2v) is 13.8. The summed E-state index contributed by atoms with van der Waals surface area (Å²) in [5, 5.41) is 0. The Hall–Kier alpha value is -5.76. The van der Waals surface area contributed by atoms with Gasteiger partial charge in [-0.2, -0.15) is 0 Å². The molecule has 51 heavy (non-hydrogen) atoms. The highest BCUT2D eigenvalue weighted by Gasteiger charge is 2.51. The quantitative estimate of drug-likeness (QED) is 0.158. The molecule has 6 nitrogen and oxygen atoms in total. The third-order valence-electron chi connectivity index (χ3n) is 9.84. The van der Waals surface area contributed by atoms with Gasteiger partial charge in [0.2, 0.25) is 0 Å². The first-order chi connectivity index (χ1) is 24.7. The largest absolute Gasteiger partial charge is 0.494 e. The third-order valence-corrected chi connectivity index (χ3v) is 9.84. The molecule has 0 radical (unpaired) electrons. The molecule has 1 aliphatic heterocycles. The average molecular weight is 665 g/mol. The van der Waals surface area contributed by atoms with Crippen LogP contribution < -0.4 is 5.46 Å². The topological polar surface area (TPSA) is 70.0 Å². The molecule has 0 unspecified atom stereocenters. The van der Waals surface area contributed by atoms with Crippen LogP contribution in [-0.4, -0.2) is 38.3 Å². The summed E-state index contributed by atoms with van der Waals surface area (Å²) in [6.07, 6.45) is 1.83. The average Bonchev–Trinajstić information content (AvgIpc) is 3.41. The molecule has 0 atom stereocenters. The maximum absolute atomic E-state index is 6.24. The van der Waals surface area contributed by atoms with Crippen LogP contribution in [0.5, 0.6) is 0 Å². The van der Waals surface area contributed by atoms with Crippen LogP contribution in [0.3, 0.4) is 0 Å². The predicted octanol–water partition coefficient (Wildman–Crippen LogP) is 9.57. The van der Waals surface area contributed by atoms with Crippen molar-refractivity contribution in [3.8, 4) is 67.7 Å². The fourth-order valence-electron chi connectivity index (χ4n) is 6.19. The second kappa shape index (κ2) is 13.2. The molecule has 1 saturated heterocycles. The summed E-state index contributed by atoms with van der Waals surface area (Å²) in [5.41, 5.74) is 9.12. The van der Waals surface area contributed by atoms with Gasteiger partial charge in [0.15, 0.2) is 17.5 Å². The van der Waals surface area contributed by atoms with Gasteiger partial charge < -0.3 is 9.31 Å². The molecule has 248 valence electrons. The van der Waals surface area contributed by atoms with E-state index in [4.69, 9.17) is 29.2 Å². The summed E-state index contributed by atoms with van der Waals surface area (Å²) in [6, 6.07) is 49.6. The minimum atomic E-state index is -0.409. The van der Waals surface area contributed by atoms with E-state index >= 15 is 0 Å². The lowest BCUT2D eigenvalue weighted by Crippen LogP contribution is -2.41. The van der Waals surface area contributed by atoms with E-state index in [1.165, 1.54) is 0 Å². The molecule has 0 N–H and O–H groups in total. The summed E-state index contributed by atoms with van der Waals surface area (Å²) >= 11 is 0. The fraction of sp³-hybridized carbons (Fsp3) is 0.136. The molecule has 5 aromatic carbocycles. The molecule has 1 fully saturated rings. The van der Waals surface area contributed by atoms with Crippen molar-refractivity contribution in [2.45, 2.75) is 38.9 Å². The predicted molar refractivity (Wildman–Crippen MR) is 206 cm³/mol. The molecule has 0 amide bonds. The second-order valence-electron chi connectivity index (χ2n) is 13.8. The van der Waals surface area contributed by atoms with Gasteiger partial charge in [0.05, 0.1) is 16.9 Å². The van der Waals surface area contributed by atoms with Gasteiger partial charge in [-0.1, -0.05) is 121 Å². The lowest BCUT2D eigenvalue weighted by atomic mass is 9.79. The van der Waals surface area contributed by atoms with Crippen LogP contribution in [0.25, 0.3) is 67.7 Å². The van der Waals surface area contributed by atoms with E-state index < -0.39 is 18.3 Å².